The van der Waals surface area contributed by atoms with Crippen LogP contribution < -0.4 is 0 Å². The summed E-state index contributed by atoms with van der Waals surface area (Å²) in [5, 5.41) is 7.01. The molecule has 0 unspecified atom stereocenters. The summed E-state index contributed by atoms with van der Waals surface area (Å²) in [6.45, 7) is 1.47. The molecule has 1 aliphatic rings. The fourth-order valence-electron chi connectivity index (χ4n) is 2.58. The van der Waals surface area contributed by atoms with E-state index in [1.165, 1.54) is 22.4 Å². The van der Waals surface area contributed by atoms with E-state index in [4.69, 9.17) is 0 Å². The van der Waals surface area contributed by atoms with Crippen LogP contribution in [-0.4, -0.2) is 70.6 Å². The summed E-state index contributed by atoms with van der Waals surface area (Å²) in [6, 6.07) is 9.12. The van der Waals surface area contributed by atoms with Gasteiger partial charge in [0.1, 0.15) is 6.33 Å². The number of hydrogen-bond acceptors (Lipinski definition) is 6. The SMILES string of the molecule is O=C(CSc1ncn[nH]1)N1CCN(S(=O)(=O)Cc2ccccc2)CC1. The van der Waals surface area contributed by atoms with Crippen LogP contribution in [0.15, 0.2) is 41.8 Å². The third-order valence-electron chi connectivity index (χ3n) is 3.90. The maximum absolute atomic E-state index is 12.5. The van der Waals surface area contributed by atoms with Crippen molar-refractivity contribution >= 4 is 27.7 Å². The predicted molar refractivity (Wildman–Crippen MR) is 94.3 cm³/mol. The second kappa shape index (κ2) is 7.98. The maximum atomic E-state index is 12.5. The highest BCUT2D eigenvalue weighted by atomic mass is 32.2. The zero-order valence-corrected chi connectivity index (χ0v) is 15.2. The standard InChI is InChI=1S/C15H19N5O3S2/c21-14(10-24-15-16-12-17-18-15)19-6-8-20(9-7-19)25(22,23)11-13-4-2-1-3-5-13/h1-5,12H,6-11H2,(H,16,17,18). The Kier molecular flexibility index (Phi) is 5.71. The minimum atomic E-state index is -3.37. The van der Waals surface area contributed by atoms with Crippen molar-refractivity contribution in [1.82, 2.24) is 24.4 Å². The summed E-state index contributed by atoms with van der Waals surface area (Å²) in [7, 11) is -3.37. The number of sulfonamides is 1. The van der Waals surface area contributed by atoms with Crippen molar-refractivity contribution in [2.75, 3.05) is 31.9 Å². The molecule has 0 atom stereocenters. The van der Waals surface area contributed by atoms with Gasteiger partial charge in [-0.2, -0.15) is 9.40 Å². The predicted octanol–water partition coefficient (Wildman–Crippen LogP) is 0.571. The Morgan fingerprint density at radius 2 is 1.88 bits per heavy atom. The van der Waals surface area contributed by atoms with Crippen LogP contribution in [0.3, 0.4) is 0 Å². The molecule has 1 aliphatic heterocycles. The molecule has 10 heteroatoms. The van der Waals surface area contributed by atoms with Crippen molar-refractivity contribution in [3.8, 4) is 0 Å². The molecule has 3 rings (SSSR count). The summed E-state index contributed by atoms with van der Waals surface area (Å²) in [4.78, 5) is 17.9. The Labute approximate surface area is 150 Å². The van der Waals surface area contributed by atoms with Crippen molar-refractivity contribution < 1.29 is 13.2 Å². The second-order valence-electron chi connectivity index (χ2n) is 5.60. The van der Waals surface area contributed by atoms with Crippen molar-refractivity contribution in [3.05, 3.63) is 42.2 Å². The van der Waals surface area contributed by atoms with Gasteiger partial charge in [-0.1, -0.05) is 42.1 Å². The quantitative estimate of drug-likeness (QED) is 0.735. The van der Waals surface area contributed by atoms with Crippen LogP contribution in [-0.2, 0) is 20.6 Å². The van der Waals surface area contributed by atoms with Gasteiger partial charge in [0.2, 0.25) is 15.9 Å². The second-order valence-corrected chi connectivity index (χ2v) is 8.53. The van der Waals surface area contributed by atoms with E-state index < -0.39 is 10.0 Å². The normalized spacial score (nSPS) is 16.1. The molecular formula is C15H19N5O3S2. The topological polar surface area (TPSA) is 99.3 Å². The molecule has 134 valence electrons. The lowest BCUT2D eigenvalue weighted by Crippen LogP contribution is -2.51. The maximum Gasteiger partial charge on any atom is 0.233 e. The number of aromatic nitrogens is 3. The largest absolute Gasteiger partial charge is 0.339 e. The molecule has 1 amide bonds. The van der Waals surface area contributed by atoms with Crippen LogP contribution in [0.5, 0.6) is 0 Å². The van der Waals surface area contributed by atoms with E-state index in [2.05, 4.69) is 15.2 Å². The van der Waals surface area contributed by atoms with Gasteiger partial charge in [0, 0.05) is 26.2 Å². The Morgan fingerprint density at radius 1 is 1.16 bits per heavy atom. The average molecular weight is 381 g/mol. The molecule has 1 fully saturated rings. The van der Waals surface area contributed by atoms with E-state index in [-0.39, 0.29) is 17.4 Å². The fraction of sp³-hybridized carbons (Fsp3) is 0.400. The zero-order chi connectivity index (χ0) is 17.7. The van der Waals surface area contributed by atoms with Gasteiger partial charge in [0.05, 0.1) is 11.5 Å². The molecule has 0 saturated carbocycles. The highest BCUT2D eigenvalue weighted by Gasteiger charge is 2.28. The van der Waals surface area contributed by atoms with Gasteiger partial charge in [-0.3, -0.25) is 9.89 Å². The van der Waals surface area contributed by atoms with Crippen molar-refractivity contribution in [3.63, 3.8) is 0 Å². The van der Waals surface area contributed by atoms with E-state index in [1.54, 1.807) is 17.0 Å². The molecule has 25 heavy (non-hydrogen) atoms. The van der Waals surface area contributed by atoms with Crippen LogP contribution in [0.25, 0.3) is 0 Å². The summed E-state index contributed by atoms with van der Waals surface area (Å²) in [5.74, 6) is 0.219. The highest BCUT2D eigenvalue weighted by molar-refractivity contribution is 7.99. The number of nitrogens with one attached hydrogen (secondary N) is 1. The van der Waals surface area contributed by atoms with E-state index in [1.807, 2.05) is 18.2 Å². The smallest absolute Gasteiger partial charge is 0.233 e. The third kappa shape index (κ3) is 4.80. The Bertz CT molecular complexity index is 788. The number of H-pyrrole nitrogens is 1. The van der Waals surface area contributed by atoms with Crippen molar-refractivity contribution in [2.45, 2.75) is 10.9 Å². The minimum Gasteiger partial charge on any atom is -0.339 e. The lowest BCUT2D eigenvalue weighted by atomic mass is 10.2. The molecule has 8 nitrogen and oxygen atoms in total. The number of amides is 1. The van der Waals surface area contributed by atoms with Crippen LogP contribution in [0.2, 0.25) is 0 Å². The zero-order valence-electron chi connectivity index (χ0n) is 13.5. The number of hydrogen-bond donors (Lipinski definition) is 1. The average Bonchev–Trinajstić information content (AvgIpc) is 3.14. The van der Waals surface area contributed by atoms with Gasteiger partial charge in [-0.25, -0.2) is 13.4 Å². The number of piperazine rings is 1. The number of thioether (sulfide) groups is 1. The first-order chi connectivity index (χ1) is 12.0. The summed E-state index contributed by atoms with van der Waals surface area (Å²) >= 11 is 1.28. The fourth-order valence-corrected chi connectivity index (χ4v) is 4.77. The number of rotatable bonds is 6. The van der Waals surface area contributed by atoms with Gasteiger partial charge in [-0.05, 0) is 5.56 Å². The Balaban J connectivity index is 1.50. The highest BCUT2D eigenvalue weighted by Crippen LogP contribution is 2.16. The van der Waals surface area contributed by atoms with E-state index in [0.717, 1.165) is 5.56 Å². The van der Waals surface area contributed by atoms with Crippen LogP contribution in [0.1, 0.15) is 5.56 Å². The lowest BCUT2D eigenvalue weighted by Gasteiger charge is -2.34. The lowest BCUT2D eigenvalue weighted by molar-refractivity contribution is -0.129. The Morgan fingerprint density at radius 3 is 2.52 bits per heavy atom. The van der Waals surface area contributed by atoms with E-state index in [9.17, 15) is 13.2 Å². The first-order valence-electron chi connectivity index (χ1n) is 7.82. The van der Waals surface area contributed by atoms with Gasteiger partial charge >= 0.3 is 0 Å². The van der Waals surface area contributed by atoms with Crippen LogP contribution in [0.4, 0.5) is 0 Å². The number of carbonyl (C=O) groups is 1. The number of carbonyl (C=O) groups excluding carboxylic acids is 1. The molecule has 1 N–H and O–H groups in total. The third-order valence-corrected chi connectivity index (χ3v) is 6.61. The molecule has 1 aromatic carbocycles. The number of benzene rings is 1. The molecule has 2 aromatic rings. The molecule has 0 aliphatic carbocycles. The first-order valence-corrected chi connectivity index (χ1v) is 10.4. The van der Waals surface area contributed by atoms with Crippen LogP contribution >= 0.6 is 11.8 Å². The van der Waals surface area contributed by atoms with Gasteiger partial charge < -0.3 is 4.90 Å². The summed E-state index contributed by atoms with van der Waals surface area (Å²) < 4.78 is 26.5. The number of aromatic amines is 1. The van der Waals surface area contributed by atoms with Crippen molar-refractivity contribution in [2.24, 2.45) is 0 Å². The molecule has 0 radical (unpaired) electrons. The summed E-state index contributed by atoms with van der Waals surface area (Å²) in [5.41, 5.74) is 0.768. The first kappa shape index (κ1) is 17.9. The van der Waals surface area contributed by atoms with Crippen molar-refractivity contribution in [1.29, 1.82) is 0 Å². The minimum absolute atomic E-state index is 0.0108. The van der Waals surface area contributed by atoms with E-state index in [0.29, 0.717) is 31.3 Å². The summed E-state index contributed by atoms with van der Waals surface area (Å²) in [6.07, 6.45) is 1.39. The molecule has 0 bridgehead atoms. The van der Waals surface area contributed by atoms with Gasteiger partial charge in [0.15, 0.2) is 5.16 Å². The van der Waals surface area contributed by atoms with Gasteiger partial charge in [-0.15, -0.1) is 0 Å². The molecule has 1 saturated heterocycles. The van der Waals surface area contributed by atoms with E-state index >= 15 is 0 Å². The van der Waals surface area contributed by atoms with Gasteiger partial charge in [0.25, 0.3) is 0 Å². The molecule has 2 heterocycles. The molecular weight excluding hydrogens is 362 g/mol. The Hall–Kier alpha value is -1.91. The van der Waals surface area contributed by atoms with Crippen LogP contribution in [0, 0.1) is 0 Å². The number of nitrogens with zero attached hydrogens (tertiary/aromatic N) is 4. The monoisotopic (exact) mass is 381 g/mol. The molecule has 1 aromatic heterocycles. The molecule has 0 spiro atoms.